The molecule has 0 aliphatic heterocycles. The van der Waals surface area contributed by atoms with Gasteiger partial charge in [0.15, 0.2) is 0 Å². The number of esters is 1. The molecule has 1 aliphatic carbocycles. The molecule has 0 atom stereocenters. The zero-order valence-corrected chi connectivity index (χ0v) is 11.4. The van der Waals surface area contributed by atoms with Crippen molar-refractivity contribution in [2.24, 2.45) is 0 Å². The van der Waals surface area contributed by atoms with Gasteiger partial charge in [-0.25, -0.2) is 23.5 Å². The van der Waals surface area contributed by atoms with Crippen LogP contribution >= 0.6 is 0 Å². The van der Waals surface area contributed by atoms with E-state index < -0.39 is 11.9 Å². The van der Waals surface area contributed by atoms with Crippen molar-refractivity contribution in [3.8, 4) is 0 Å². The fraction of sp³-hybridized carbons (Fsp3) is 0.615. The predicted octanol–water partition coefficient (Wildman–Crippen LogP) is 2.56. The molecule has 110 valence electrons. The van der Waals surface area contributed by atoms with Crippen molar-refractivity contribution in [3.63, 3.8) is 0 Å². The summed E-state index contributed by atoms with van der Waals surface area (Å²) in [4.78, 5) is 19.4. The number of rotatable bonds is 3. The number of aromatic nitrogens is 2. The number of anilines is 1. The van der Waals surface area contributed by atoms with E-state index in [4.69, 9.17) is 0 Å². The molecule has 1 aromatic rings. The predicted molar refractivity (Wildman–Crippen MR) is 68.9 cm³/mol. The Morgan fingerprint density at radius 2 is 2.05 bits per heavy atom. The highest BCUT2D eigenvalue weighted by Gasteiger charge is 2.35. The summed E-state index contributed by atoms with van der Waals surface area (Å²) in [5, 5.41) is 3.09. The van der Waals surface area contributed by atoms with Crippen LogP contribution in [0.25, 0.3) is 0 Å². The Labute approximate surface area is 115 Å². The number of halogens is 2. The SMILES string of the molecule is COC(=O)c1nc(C)cc(NC2CCC(F)(F)CC2)n1. The van der Waals surface area contributed by atoms with E-state index in [0.29, 0.717) is 24.4 Å². The number of nitrogens with zero attached hydrogens (tertiary/aromatic N) is 2. The molecule has 0 amide bonds. The van der Waals surface area contributed by atoms with Gasteiger partial charge in [0.2, 0.25) is 11.7 Å². The van der Waals surface area contributed by atoms with E-state index >= 15 is 0 Å². The lowest BCUT2D eigenvalue weighted by Gasteiger charge is -2.29. The molecule has 1 aromatic heterocycles. The van der Waals surface area contributed by atoms with Crippen LogP contribution in [0.15, 0.2) is 6.07 Å². The molecule has 1 fully saturated rings. The van der Waals surface area contributed by atoms with Crippen LogP contribution in [0.1, 0.15) is 42.0 Å². The first-order chi connectivity index (χ1) is 9.39. The Morgan fingerprint density at radius 1 is 1.40 bits per heavy atom. The van der Waals surface area contributed by atoms with Crippen molar-refractivity contribution in [2.75, 3.05) is 12.4 Å². The molecule has 0 bridgehead atoms. The van der Waals surface area contributed by atoms with Gasteiger partial charge in [-0.1, -0.05) is 0 Å². The molecule has 7 heteroatoms. The lowest BCUT2D eigenvalue weighted by molar-refractivity contribution is -0.0361. The van der Waals surface area contributed by atoms with Gasteiger partial charge in [-0.2, -0.15) is 0 Å². The maximum Gasteiger partial charge on any atom is 0.376 e. The summed E-state index contributed by atoms with van der Waals surface area (Å²) < 4.78 is 30.7. The number of nitrogens with one attached hydrogen (secondary N) is 1. The minimum atomic E-state index is -2.56. The number of methoxy groups -OCH3 is 1. The molecular weight excluding hydrogens is 268 g/mol. The summed E-state index contributed by atoms with van der Waals surface area (Å²) in [6, 6.07) is 1.62. The van der Waals surface area contributed by atoms with Crippen LogP contribution in [0.2, 0.25) is 0 Å². The summed E-state index contributed by atoms with van der Waals surface area (Å²) in [6.07, 6.45) is 0.504. The first-order valence-electron chi connectivity index (χ1n) is 6.48. The molecule has 1 heterocycles. The van der Waals surface area contributed by atoms with Crippen molar-refractivity contribution in [3.05, 3.63) is 17.6 Å². The first-order valence-corrected chi connectivity index (χ1v) is 6.48. The van der Waals surface area contributed by atoms with Gasteiger partial charge >= 0.3 is 5.97 Å². The van der Waals surface area contributed by atoms with Gasteiger partial charge in [-0.15, -0.1) is 0 Å². The molecule has 2 rings (SSSR count). The highest BCUT2D eigenvalue weighted by Crippen LogP contribution is 2.34. The lowest BCUT2D eigenvalue weighted by atomic mass is 9.92. The van der Waals surface area contributed by atoms with Gasteiger partial charge in [0.1, 0.15) is 5.82 Å². The Bertz CT molecular complexity index is 498. The number of ether oxygens (including phenoxy) is 1. The molecule has 0 radical (unpaired) electrons. The Morgan fingerprint density at radius 3 is 2.65 bits per heavy atom. The van der Waals surface area contributed by atoms with Crippen LogP contribution in [-0.2, 0) is 4.74 Å². The van der Waals surface area contributed by atoms with Crippen molar-refractivity contribution in [2.45, 2.75) is 44.6 Å². The Balaban J connectivity index is 2.06. The molecule has 1 N–H and O–H groups in total. The molecule has 0 unspecified atom stereocenters. The van der Waals surface area contributed by atoms with Crippen LogP contribution in [0, 0.1) is 6.92 Å². The number of hydrogen-bond donors (Lipinski definition) is 1. The number of aryl methyl sites for hydroxylation is 1. The third kappa shape index (κ3) is 3.61. The normalized spacial score (nSPS) is 18.6. The van der Waals surface area contributed by atoms with Gasteiger partial charge in [-0.05, 0) is 19.8 Å². The summed E-state index contributed by atoms with van der Waals surface area (Å²) in [6.45, 7) is 1.73. The van der Waals surface area contributed by atoms with E-state index in [9.17, 15) is 13.6 Å². The van der Waals surface area contributed by atoms with E-state index in [-0.39, 0.29) is 24.7 Å². The van der Waals surface area contributed by atoms with Crippen LogP contribution in [-0.4, -0.2) is 35.0 Å². The number of hydrogen-bond acceptors (Lipinski definition) is 5. The molecule has 0 spiro atoms. The summed E-state index contributed by atoms with van der Waals surface area (Å²) >= 11 is 0. The monoisotopic (exact) mass is 285 g/mol. The summed E-state index contributed by atoms with van der Waals surface area (Å²) in [5.41, 5.74) is 0.615. The zero-order valence-electron chi connectivity index (χ0n) is 11.4. The second kappa shape index (κ2) is 5.68. The third-order valence-corrected chi connectivity index (χ3v) is 3.29. The molecule has 0 saturated heterocycles. The van der Waals surface area contributed by atoms with Crippen molar-refractivity contribution >= 4 is 11.8 Å². The van der Waals surface area contributed by atoms with Gasteiger partial charge < -0.3 is 10.1 Å². The van der Waals surface area contributed by atoms with Crippen molar-refractivity contribution in [1.82, 2.24) is 9.97 Å². The van der Waals surface area contributed by atoms with Crippen LogP contribution in [0.5, 0.6) is 0 Å². The third-order valence-electron chi connectivity index (χ3n) is 3.29. The Hall–Kier alpha value is -1.79. The molecule has 20 heavy (non-hydrogen) atoms. The topological polar surface area (TPSA) is 64.1 Å². The maximum absolute atomic E-state index is 13.1. The van der Waals surface area contributed by atoms with E-state index in [0.717, 1.165) is 0 Å². The van der Waals surface area contributed by atoms with Crippen LogP contribution in [0.4, 0.5) is 14.6 Å². The van der Waals surface area contributed by atoms with Gasteiger partial charge in [-0.3, -0.25) is 0 Å². The Kier molecular flexibility index (Phi) is 4.15. The zero-order chi connectivity index (χ0) is 14.8. The van der Waals surface area contributed by atoms with E-state index in [1.165, 1.54) is 7.11 Å². The minimum absolute atomic E-state index is 0.0314. The number of carbonyl (C=O) groups excluding carboxylic acids is 1. The van der Waals surface area contributed by atoms with Gasteiger partial charge in [0, 0.05) is 30.6 Å². The molecule has 0 aromatic carbocycles. The lowest BCUT2D eigenvalue weighted by Crippen LogP contribution is -2.32. The van der Waals surface area contributed by atoms with E-state index in [2.05, 4.69) is 20.0 Å². The molecule has 1 aliphatic rings. The number of alkyl halides is 2. The van der Waals surface area contributed by atoms with Crippen LogP contribution < -0.4 is 5.32 Å². The van der Waals surface area contributed by atoms with Gasteiger partial charge in [0.05, 0.1) is 7.11 Å². The fourth-order valence-corrected chi connectivity index (χ4v) is 2.22. The van der Waals surface area contributed by atoms with E-state index in [1.54, 1.807) is 13.0 Å². The van der Waals surface area contributed by atoms with E-state index in [1.807, 2.05) is 0 Å². The smallest absolute Gasteiger partial charge is 0.376 e. The van der Waals surface area contributed by atoms with Gasteiger partial charge in [0.25, 0.3) is 0 Å². The molecule has 5 nitrogen and oxygen atoms in total. The van der Waals surface area contributed by atoms with Crippen molar-refractivity contribution < 1.29 is 18.3 Å². The second-order valence-corrected chi connectivity index (χ2v) is 4.98. The molecular formula is C13H17F2N3O2. The van der Waals surface area contributed by atoms with Crippen molar-refractivity contribution in [1.29, 1.82) is 0 Å². The summed E-state index contributed by atoms with van der Waals surface area (Å²) in [5.74, 6) is -2.74. The highest BCUT2D eigenvalue weighted by molar-refractivity contribution is 5.85. The first kappa shape index (κ1) is 14.6. The minimum Gasteiger partial charge on any atom is -0.463 e. The maximum atomic E-state index is 13.1. The number of carbonyl (C=O) groups is 1. The summed E-state index contributed by atoms with van der Waals surface area (Å²) in [7, 11) is 1.25. The average molecular weight is 285 g/mol. The standard InChI is InChI=1S/C13H17F2N3O2/c1-8-7-10(18-11(16-8)12(19)20-2)17-9-3-5-13(14,15)6-4-9/h7,9H,3-6H2,1-2H3,(H,16,17,18). The highest BCUT2D eigenvalue weighted by atomic mass is 19.3. The largest absolute Gasteiger partial charge is 0.463 e. The second-order valence-electron chi connectivity index (χ2n) is 4.98. The average Bonchev–Trinajstić information content (AvgIpc) is 2.39. The molecule has 1 saturated carbocycles. The quantitative estimate of drug-likeness (QED) is 0.865. The van der Waals surface area contributed by atoms with Crippen LogP contribution in [0.3, 0.4) is 0 Å². The fourth-order valence-electron chi connectivity index (χ4n) is 2.22.